The van der Waals surface area contributed by atoms with Crippen molar-refractivity contribution < 1.29 is 9.53 Å². The van der Waals surface area contributed by atoms with Crippen molar-refractivity contribution in [1.82, 2.24) is 4.90 Å². The molecule has 0 atom stereocenters. The van der Waals surface area contributed by atoms with Crippen molar-refractivity contribution >= 4 is 22.0 Å². The number of amides is 1. The van der Waals surface area contributed by atoms with Gasteiger partial charge in [-0.3, -0.25) is 0 Å². The number of carbonyl (C=O) groups excluding carboxylic acids is 1. The number of nitrogens with zero attached hydrogens (tertiary/aromatic N) is 1. The molecule has 0 aliphatic carbocycles. The lowest BCUT2D eigenvalue weighted by Crippen LogP contribution is -2.50. The van der Waals surface area contributed by atoms with E-state index in [1.807, 2.05) is 0 Å². The summed E-state index contributed by atoms with van der Waals surface area (Å²) in [7, 11) is 1.39. The topological polar surface area (TPSA) is 29.5 Å². The van der Waals surface area contributed by atoms with E-state index in [0.717, 1.165) is 13.1 Å². The fraction of sp³-hybridized carbons (Fsp3) is 0.800. The Balaban J connectivity index is 2.23. The van der Waals surface area contributed by atoms with Gasteiger partial charge in [0.25, 0.3) is 0 Å². The lowest BCUT2D eigenvalue weighted by atomic mass is 10.2. The van der Waals surface area contributed by atoms with Gasteiger partial charge >= 0.3 is 6.09 Å². The highest BCUT2D eigenvalue weighted by atomic mass is 79.9. The minimum atomic E-state index is -0.231. The monoisotopic (exact) mass is 193 g/mol. The molecule has 1 rings (SSSR count). The van der Waals surface area contributed by atoms with Crippen LogP contribution in [-0.4, -0.2) is 36.0 Å². The maximum absolute atomic E-state index is 10.6. The van der Waals surface area contributed by atoms with E-state index in [1.54, 1.807) is 4.90 Å². The Morgan fingerprint density at radius 3 is 2.67 bits per heavy atom. The first-order valence-corrected chi connectivity index (χ1v) is 3.62. The van der Waals surface area contributed by atoms with Gasteiger partial charge < -0.3 is 9.64 Å². The minimum absolute atomic E-state index is 0.231. The Morgan fingerprint density at radius 2 is 2.33 bits per heavy atom. The van der Waals surface area contributed by atoms with Gasteiger partial charge in [0.15, 0.2) is 0 Å². The van der Waals surface area contributed by atoms with E-state index in [1.165, 1.54) is 7.11 Å². The van der Waals surface area contributed by atoms with Crippen LogP contribution in [0.2, 0.25) is 0 Å². The smallest absolute Gasteiger partial charge is 0.409 e. The zero-order chi connectivity index (χ0) is 6.85. The molecule has 52 valence electrons. The molecule has 1 heterocycles. The molecule has 0 aromatic heterocycles. The molecule has 1 fully saturated rings. The maximum atomic E-state index is 10.6. The quantitative estimate of drug-likeness (QED) is 0.534. The van der Waals surface area contributed by atoms with Crippen molar-refractivity contribution in [3.63, 3.8) is 0 Å². The number of ether oxygens (including phenoxy) is 1. The SMILES string of the molecule is COC(=O)N1CC(Br)C1. The summed E-state index contributed by atoms with van der Waals surface area (Å²) in [6, 6.07) is 0. The van der Waals surface area contributed by atoms with Crippen molar-refractivity contribution in [1.29, 1.82) is 0 Å². The molecule has 0 radical (unpaired) electrons. The first-order chi connectivity index (χ1) is 4.24. The molecule has 1 amide bonds. The van der Waals surface area contributed by atoms with Crippen LogP contribution in [0.3, 0.4) is 0 Å². The van der Waals surface area contributed by atoms with Crippen LogP contribution in [0.5, 0.6) is 0 Å². The maximum Gasteiger partial charge on any atom is 0.409 e. The van der Waals surface area contributed by atoms with E-state index in [9.17, 15) is 4.79 Å². The number of rotatable bonds is 0. The fourth-order valence-electron chi connectivity index (χ4n) is 0.703. The standard InChI is InChI=1S/C5H8BrNO2/c1-9-5(8)7-2-4(6)3-7/h4H,2-3H2,1H3. The largest absolute Gasteiger partial charge is 0.453 e. The lowest BCUT2D eigenvalue weighted by molar-refractivity contribution is 0.103. The minimum Gasteiger partial charge on any atom is -0.453 e. The van der Waals surface area contributed by atoms with Crippen molar-refractivity contribution in [2.45, 2.75) is 4.83 Å². The van der Waals surface area contributed by atoms with Gasteiger partial charge in [0.2, 0.25) is 0 Å². The van der Waals surface area contributed by atoms with E-state index >= 15 is 0 Å². The average molecular weight is 194 g/mol. The summed E-state index contributed by atoms with van der Waals surface area (Å²) in [4.78, 5) is 12.7. The Bertz CT molecular complexity index is 122. The fourth-order valence-corrected chi connectivity index (χ4v) is 1.40. The summed E-state index contributed by atoms with van der Waals surface area (Å²) in [5.74, 6) is 0. The predicted molar refractivity (Wildman–Crippen MR) is 36.7 cm³/mol. The van der Waals surface area contributed by atoms with E-state index in [0.29, 0.717) is 4.83 Å². The molecule has 1 aliphatic rings. The number of likely N-dealkylation sites (tertiary alicyclic amines) is 1. The number of methoxy groups -OCH3 is 1. The number of carbonyl (C=O) groups is 1. The Morgan fingerprint density at radius 1 is 1.78 bits per heavy atom. The van der Waals surface area contributed by atoms with Gasteiger partial charge in [0.05, 0.1) is 11.9 Å². The highest BCUT2D eigenvalue weighted by Crippen LogP contribution is 2.15. The highest BCUT2D eigenvalue weighted by Gasteiger charge is 2.28. The third-order valence-corrected chi connectivity index (χ3v) is 1.85. The molecule has 0 saturated carbocycles. The number of hydrogen-bond acceptors (Lipinski definition) is 2. The van der Waals surface area contributed by atoms with Crippen molar-refractivity contribution in [2.75, 3.05) is 20.2 Å². The highest BCUT2D eigenvalue weighted by molar-refractivity contribution is 9.09. The number of hydrogen-bond donors (Lipinski definition) is 0. The van der Waals surface area contributed by atoms with Crippen molar-refractivity contribution in [2.24, 2.45) is 0 Å². The summed E-state index contributed by atoms with van der Waals surface area (Å²) < 4.78 is 4.47. The summed E-state index contributed by atoms with van der Waals surface area (Å²) in [5.41, 5.74) is 0. The van der Waals surface area contributed by atoms with Crippen LogP contribution < -0.4 is 0 Å². The third kappa shape index (κ3) is 1.36. The van der Waals surface area contributed by atoms with Gasteiger partial charge in [0.1, 0.15) is 0 Å². The number of alkyl halides is 1. The van der Waals surface area contributed by atoms with Crippen molar-refractivity contribution in [3.8, 4) is 0 Å². The van der Waals surface area contributed by atoms with Gasteiger partial charge in [-0.2, -0.15) is 0 Å². The molecule has 0 aromatic carbocycles. The molecule has 0 spiro atoms. The van der Waals surface area contributed by atoms with Crippen LogP contribution in [-0.2, 0) is 4.74 Å². The second-order valence-corrected chi connectivity index (χ2v) is 3.27. The Hall–Kier alpha value is -0.250. The van der Waals surface area contributed by atoms with Gasteiger partial charge in [-0.25, -0.2) is 4.79 Å². The van der Waals surface area contributed by atoms with Crippen molar-refractivity contribution in [3.05, 3.63) is 0 Å². The first-order valence-electron chi connectivity index (χ1n) is 2.71. The lowest BCUT2D eigenvalue weighted by Gasteiger charge is -2.34. The van der Waals surface area contributed by atoms with E-state index in [4.69, 9.17) is 0 Å². The third-order valence-electron chi connectivity index (χ3n) is 1.27. The van der Waals surface area contributed by atoms with Gasteiger partial charge in [-0.15, -0.1) is 0 Å². The molecule has 9 heavy (non-hydrogen) atoms. The Labute approximate surface area is 62.1 Å². The van der Waals surface area contributed by atoms with Crippen LogP contribution in [0.4, 0.5) is 4.79 Å². The summed E-state index contributed by atoms with van der Waals surface area (Å²) >= 11 is 3.35. The summed E-state index contributed by atoms with van der Waals surface area (Å²) in [6.45, 7) is 1.54. The molecule has 3 nitrogen and oxygen atoms in total. The molecule has 0 N–H and O–H groups in total. The normalized spacial score (nSPS) is 19.1. The van der Waals surface area contributed by atoms with Crippen LogP contribution in [0.25, 0.3) is 0 Å². The molecular formula is C5H8BrNO2. The molecule has 0 unspecified atom stereocenters. The van der Waals surface area contributed by atoms with E-state index in [-0.39, 0.29) is 6.09 Å². The molecular weight excluding hydrogens is 186 g/mol. The predicted octanol–water partition coefficient (Wildman–Crippen LogP) is 0.832. The molecule has 1 saturated heterocycles. The van der Waals surface area contributed by atoms with Crippen LogP contribution in [0.15, 0.2) is 0 Å². The molecule has 0 aromatic rings. The van der Waals surface area contributed by atoms with Crippen LogP contribution >= 0.6 is 15.9 Å². The molecule has 4 heteroatoms. The van der Waals surface area contributed by atoms with Gasteiger partial charge in [0, 0.05) is 13.1 Å². The van der Waals surface area contributed by atoms with Crippen LogP contribution in [0, 0.1) is 0 Å². The van der Waals surface area contributed by atoms with E-state index < -0.39 is 0 Å². The molecule has 1 aliphatic heterocycles. The summed E-state index contributed by atoms with van der Waals surface area (Å²) in [6.07, 6.45) is -0.231. The zero-order valence-electron chi connectivity index (χ0n) is 5.13. The summed E-state index contributed by atoms with van der Waals surface area (Å²) in [5, 5.41) is 0. The van der Waals surface area contributed by atoms with Gasteiger partial charge in [-0.05, 0) is 0 Å². The van der Waals surface area contributed by atoms with E-state index in [2.05, 4.69) is 20.7 Å². The zero-order valence-corrected chi connectivity index (χ0v) is 6.72. The number of halogens is 1. The van der Waals surface area contributed by atoms with Crippen LogP contribution in [0.1, 0.15) is 0 Å². The second-order valence-electron chi connectivity index (χ2n) is 1.97. The first kappa shape index (κ1) is 6.86. The van der Waals surface area contributed by atoms with Gasteiger partial charge in [-0.1, -0.05) is 15.9 Å². The second kappa shape index (κ2) is 2.56. The average Bonchev–Trinajstić information content (AvgIpc) is 1.79. The molecule has 0 bridgehead atoms. The Kier molecular flexibility index (Phi) is 1.95.